The van der Waals surface area contributed by atoms with Gasteiger partial charge in [-0.1, -0.05) is 13.8 Å². The maximum Gasteiger partial charge on any atom is 0.0283 e. The van der Waals surface area contributed by atoms with Gasteiger partial charge in [0.15, 0.2) is 0 Å². The highest BCUT2D eigenvalue weighted by Gasteiger charge is 2.40. The van der Waals surface area contributed by atoms with Crippen molar-refractivity contribution in [2.45, 2.75) is 38.6 Å². The van der Waals surface area contributed by atoms with Crippen LogP contribution >= 0.6 is 0 Å². The van der Waals surface area contributed by atoms with E-state index in [1.807, 2.05) is 0 Å². The fraction of sp³-hybridized carbons (Fsp3) is 1.00. The molecule has 0 atom stereocenters. The Labute approximate surface area is 75.1 Å². The molecule has 2 fully saturated rings. The highest BCUT2D eigenvalue weighted by atomic mass is 15.2. The Morgan fingerprint density at radius 3 is 2.17 bits per heavy atom. The third-order valence-corrected chi connectivity index (χ3v) is 3.19. The molecule has 1 saturated heterocycles. The van der Waals surface area contributed by atoms with E-state index in [1.165, 1.54) is 32.4 Å². The second kappa shape index (κ2) is 2.46. The van der Waals surface area contributed by atoms with Gasteiger partial charge in [-0.05, 0) is 24.7 Å². The van der Waals surface area contributed by atoms with Crippen molar-refractivity contribution in [3.05, 3.63) is 0 Å². The minimum absolute atomic E-state index is 0.191. The van der Waals surface area contributed by atoms with Crippen LogP contribution in [0, 0.1) is 5.41 Å². The molecule has 0 aromatic carbocycles. The summed E-state index contributed by atoms with van der Waals surface area (Å²) in [5.74, 6) is 0. The van der Waals surface area contributed by atoms with Crippen LogP contribution in [0.1, 0.15) is 33.1 Å². The molecule has 0 spiro atoms. The van der Waals surface area contributed by atoms with Gasteiger partial charge in [0.2, 0.25) is 0 Å². The monoisotopic (exact) mass is 168 g/mol. The Bertz CT molecular complexity index is 174. The summed E-state index contributed by atoms with van der Waals surface area (Å²) in [5.41, 5.74) is 6.91. The molecule has 2 heteroatoms. The summed E-state index contributed by atoms with van der Waals surface area (Å²) in [4.78, 5) is 2.50. The first-order valence-electron chi connectivity index (χ1n) is 5.01. The third kappa shape index (κ3) is 1.50. The minimum Gasteiger partial charge on any atom is -0.324 e. The molecule has 0 unspecified atom stereocenters. The van der Waals surface area contributed by atoms with E-state index in [0.29, 0.717) is 5.41 Å². The van der Waals surface area contributed by atoms with Gasteiger partial charge in [-0.2, -0.15) is 0 Å². The smallest absolute Gasteiger partial charge is 0.0283 e. The van der Waals surface area contributed by atoms with Gasteiger partial charge in [-0.25, -0.2) is 0 Å². The Hall–Kier alpha value is -0.0800. The predicted molar refractivity (Wildman–Crippen MR) is 51.0 cm³/mol. The molecular weight excluding hydrogens is 148 g/mol. The van der Waals surface area contributed by atoms with E-state index >= 15 is 0 Å². The van der Waals surface area contributed by atoms with E-state index in [1.54, 1.807) is 0 Å². The molecule has 0 bridgehead atoms. The lowest BCUT2D eigenvalue weighted by atomic mass is 9.75. The molecule has 0 aromatic heterocycles. The molecule has 70 valence electrons. The van der Waals surface area contributed by atoms with E-state index in [4.69, 9.17) is 5.73 Å². The maximum absolute atomic E-state index is 6.16. The highest BCUT2D eigenvalue weighted by molar-refractivity contribution is 4.99. The SMILES string of the molecule is CC1(C)CN(CC2(N)CCC2)C1. The van der Waals surface area contributed by atoms with Gasteiger partial charge in [0.05, 0.1) is 0 Å². The fourth-order valence-corrected chi connectivity index (χ4v) is 2.51. The number of nitrogens with zero attached hydrogens (tertiary/aromatic N) is 1. The van der Waals surface area contributed by atoms with E-state index in [9.17, 15) is 0 Å². The molecule has 1 heterocycles. The lowest BCUT2D eigenvalue weighted by Crippen LogP contribution is -2.62. The summed E-state index contributed by atoms with van der Waals surface area (Å²) in [6.45, 7) is 8.27. The zero-order valence-electron chi connectivity index (χ0n) is 8.27. The highest BCUT2D eigenvalue weighted by Crippen LogP contribution is 2.35. The molecule has 2 N–H and O–H groups in total. The molecule has 1 aliphatic carbocycles. The van der Waals surface area contributed by atoms with Crippen molar-refractivity contribution >= 4 is 0 Å². The number of hydrogen-bond acceptors (Lipinski definition) is 2. The standard InChI is InChI=1S/C10H20N2/c1-9(2)6-12(7-9)8-10(11)4-3-5-10/h3-8,11H2,1-2H3. The van der Waals surface area contributed by atoms with Gasteiger partial charge >= 0.3 is 0 Å². The van der Waals surface area contributed by atoms with Crippen molar-refractivity contribution in [1.29, 1.82) is 0 Å². The molecule has 0 amide bonds. The molecule has 0 radical (unpaired) electrons. The van der Waals surface area contributed by atoms with Crippen LogP contribution in [-0.4, -0.2) is 30.1 Å². The predicted octanol–water partition coefficient (Wildman–Crippen LogP) is 1.21. The molecule has 1 saturated carbocycles. The molecule has 0 aromatic rings. The van der Waals surface area contributed by atoms with Crippen LogP contribution in [0.3, 0.4) is 0 Å². The van der Waals surface area contributed by atoms with Gasteiger partial charge in [0.1, 0.15) is 0 Å². The zero-order valence-corrected chi connectivity index (χ0v) is 8.27. The molecular formula is C10H20N2. The fourth-order valence-electron chi connectivity index (χ4n) is 2.51. The van der Waals surface area contributed by atoms with Crippen LogP contribution in [0.5, 0.6) is 0 Å². The molecule has 12 heavy (non-hydrogen) atoms. The van der Waals surface area contributed by atoms with E-state index in [-0.39, 0.29) is 5.54 Å². The van der Waals surface area contributed by atoms with Crippen LogP contribution in [0.15, 0.2) is 0 Å². The first kappa shape index (κ1) is 8.52. The zero-order chi connectivity index (χ0) is 8.82. The van der Waals surface area contributed by atoms with Crippen molar-refractivity contribution in [2.75, 3.05) is 19.6 Å². The quantitative estimate of drug-likeness (QED) is 0.671. The Morgan fingerprint density at radius 1 is 1.25 bits per heavy atom. The van der Waals surface area contributed by atoms with Gasteiger partial charge in [0, 0.05) is 25.2 Å². The first-order valence-corrected chi connectivity index (χ1v) is 5.01. The van der Waals surface area contributed by atoms with Gasteiger partial charge in [-0.15, -0.1) is 0 Å². The summed E-state index contributed by atoms with van der Waals surface area (Å²) in [6.07, 6.45) is 3.82. The third-order valence-electron chi connectivity index (χ3n) is 3.19. The lowest BCUT2D eigenvalue weighted by Gasteiger charge is -2.51. The average molecular weight is 168 g/mol. The van der Waals surface area contributed by atoms with Crippen LogP contribution in [0.2, 0.25) is 0 Å². The second-order valence-electron chi connectivity index (χ2n) is 5.53. The Kier molecular flexibility index (Phi) is 1.74. The van der Waals surface area contributed by atoms with Crippen LogP contribution in [0.25, 0.3) is 0 Å². The molecule has 2 rings (SSSR count). The molecule has 1 aliphatic heterocycles. The van der Waals surface area contributed by atoms with Crippen LogP contribution in [0.4, 0.5) is 0 Å². The van der Waals surface area contributed by atoms with Gasteiger partial charge < -0.3 is 10.6 Å². The Balaban J connectivity index is 1.76. The summed E-state index contributed by atoms with van der Waals surface area (Å²) in [7, 11) is 0. The summed E-state index contributed by atoms with van der Waals surface area (Å²) >= 11 is 0. The lowest BCUT2D eigenvalue weighted by molar-refractivity contribution is -0.000683. The second-order valence-corrected chi connectivity index (χ2v) is 5.53. The number of hydrogen-bond donors (Lipinski definition) is 1. The number of rotatable bonds is 2. The maximum atomic E-state index is 6.16. The van der Waals surface area contributed by atoms with Crippen molar-refractivity contribution in [2.24, 2.45) is 11.1 Å². The molecule has 2 nitrogen and oxygen atoms in total. The average Bonchev–Trinajstić information content (AvgIpc) is 1.80. The van der Waals surface area contributed by atoms with Crippen molar-refractivity contribution in [3.63, 3.8) is 0 Å². The summed E-state index contributed by atoms with van der Waals surface area (Å²) in [6, 6.07) is 0. The normalized spacial score (nSPS) is 32.2. The van der Waals surface area contributed by atoms with Gasteiger partial charge in [-0.3, -0.25) is 0 Å². The van der Waals surface area contributed by atoms with Crippen LogP contribution < -0.4 is 5.73 Å². The van der Waals surface area contributed by atoms with Crippen molar-refractivity contribution in [1.82, 2.24) is 4.90 Å². The molecule has 2 aliphatic rings. The number of likely N-dealkylation sites (tertiary alicyclic amines) is 1. The van der Waals surface area contributed by atoms with Gasteiger partial charge in [0.25, 0.3) is 0 Å². The van der Waals surface area contributed by atoms with E-state index < -0.39 is 0 Å². The summed E-state index contributed by atoms with van der Waals surface area (Å²) in [5, 5.41) is 0. The van der Waals surface area contributed by atoms with Crippen molar-refractivity contribution in [3.8, 4) is 0 Å². The minimum atomic E-state index is 0.191. The summed E-state index contributed by atoms with van der Waals surface area (Å²) < 4.78 is 0. The van der Waals surface area contributed by atoms with E-state index in [2.05, 4.69) is 18.7 Å². The largest absolute Gasteiger partial charge is 0.324 e. The number of nitrogens with two attached hydrogens (primary N) is 1. The van der Waals surface area contributed by atoms with E-state index in [0.717, 1.165) is 6.54 Å². The Morgan fingerprint density at radius 2 is 1.83 bits per heavy atom. The topological polar surface area (TPSA) is 29.3 Å². The first-order chi connectivity index (χ1) is 5.49. The van der Waals surface area contributed by atoms with Crippen LogP contribution in [-0.2, 0) is 0 Å². The van der Waals surface area contributed by atoms with Crippen molar-refractivity contribution < 1.29 is 0 Å².